The summed E-state index contributed by atoms with van der Waals surface area (Å²) in [6.07, 6.45) is 6.17. The Morgan fingerprint density at radius 2 is 1.88 bits per heavy atom. The molecule has 0 N–H and O–H groups in total. The Morgan fingerprint density at radius 3 is 2.58 bits per heavy atom. The molecule has 3 aliphatic rings. The van der Waals surface area contributed by atoms with E-state index in [4.69, 9.17) is 9.15 Å². The van der Waals surface area contributed by atoms with Gasteiger partial charge in [0.2, 0.25) is 0 Å². The Kier molecular flexibility index (Phi) is 4.55. The summed E-state index contributed by atoms with van der Waals surface area (Å²) < 4.78 is 11.6. The Morgan fingerprint density at radius 1 is 1.12 bits per heavy atom. The van der Waals surface area contributed by atoms with Gasteiger partial charge in [0.25, 0.3) is 0 Å². The van der Waals surface area contributed by atoms with Gasteiger partial charge in [-0.3, -0.25) is 9.79 Å². The lowest BCUT2D eigenvalue weighted by Gasteiger charge is -2.34. The van der Waals surface area contributed by atoms with Crippen LogP contribution in [0.5, 0.6) is 0 Å². The van der Waals surface area contributed by atoms with E-state index in [1.54, 1.807) is 0 Å². The van der Waals surface area contributed by atoms with E-state index < -0.39 is 11.8 Å². The molecule has 1 aromatic heterocycles. The van der Waals surface area contributed by atoms with Crippen molar-refractivity contribution in [3.8, 4) is 0 Å². The maximum atomic E-state index is 13.0. The predicted octanol–water partition coefficient (Wildman–Crippen LogP) is 4.26. The van der Waals surface area contributed by atoms with Gasteiger partial charge in [0.15, 0.2) is 0 Å². The van der Waals surface area contributed by atoms with Crippen molar-refractivity contribution in [1.29, 1.82) is 0 Å². The summed E-state index contributed by atoms with van der Waals surface area (Å²) in [5.74, 6) is 0.422. The number of ketones is 1. The van der Waals surface area contributed by atoms with E-state index in [2.05, 4.69) is 4.99 Å². The molecule has 0 amide bonds. The average molecular weight is 355 g/mol. The second-order valence-electron chi connectivity index (χ2n) is 7.64. The monoisotopic (exact) mass is 355 g/mol. The highest BCUT2D eigenvalue weighted by Crippen LogP contribution is 2.43. The Labute approximate surface area is 153 Å². The number of ether oxygens (including phenoxy) is 1. The molecule has 0 bridgehead atoms. The summed E-state index contributed by atoms with van der Waals surface area (Å²) in [6.45, 7) is 3.72. The maximum absolute atomic E-state index is 13.0. The van der Waals surface area contributed by atoms with E-state index in [1.165, 1.54) is 0 Å². The number of Topliss-reactive ketones (excluding diaryl/α,β-unsaturated/α-hetero) is 1. The predicted molar refractivity (Wildman–Crippen MR) is 97.0 cm³/mol. The van der Waals surface area contributed by atoms with Crippen molar-refractivity contribution in [2.24, 2.45) is 10.9 Å². The van der Waals surface area contributed by atoms with Crippen molar-refractivity contribution in [2.75, 3.05) is 0 Å². The van der Waals surface area contributed by atoms with Crippen LogP contribution in [0.3, 0.4) is 0 Å². The number of esters is 1. The number of furan rings is 1. The van der Waals surface area contributed by atoms with Crippen molar-refractivity contribution in [3.63, 3.8) is 0 Å². The number of aryl methyl sites for hydroxylation is 1. The number of nitrogens with zero attached hydrogens (tertiary/aromatic N) is 1. The molecule has 26 heavy (non-hydrogen) atoms. The molecule has 138 valence electrons. The van der Waals surface area contributed by atoms with Gasteiger partial charge < -0.3 is 9.15 Å². The Bertz CT molecular complexity index is 795. The van der Waals surface area contributed by atoms with Gasteiger partial charge >= 0.3 is 5.97 Å². The van der Waals surface area contributed by atoms with Crippen molar-refractivity contribution < 1.29 is 18.7 Å². The van der Waals surface area contributed by atoms with E-state index in [9.17, 15) is 9.59 Å². The molecule has 1 aliphatic heterocycles. The third-order valence-electron chi connectivity index (χ3n) is 5.77. The van der Waals surface area contributed by atoms with Crippen LogP contribution in [0.25, 0.3) is 0 Å². The Balaban J connectivity index is 1.75. The summed E-state index contributed by atoms with van der Waals surface area (Å²) in [4.78, 5) is 30.4. The molecule has 2 heterocycles. The number of carbonyl (C=O) groups is 2. The lowest BCUT2D eigenvalue weighted by atomic mass is 9.71. The molecule has 2 aliphatic carbocycles. The van der Waals surface area contributed by atoms with Crippen molar-refractivity contribution >= 4 is 17.5 Å². The van der Waals surface area contributed by atoms with Gasteiger partial charge in [-0.1, -0.05) is 0 Å². The molecular formula is C21H25NO4. The summed E-state index contributed by atoms with van der Waals surface area (Å²) in [5.41, 5.74) is 2.04. The van der Waals surface area contributed by atoms with Crippen molar-refractivity contribution in [2.45, 2.75) is 70.8 Å². The lowest BCUT2D eigenvalue weighted by molar-refractivity contribution is -0.144. The standard InChI is InChI=1S/C21H25NO4/c1-12-10-11-17(25-12)20-18(21(24)26-14-6-3-4-7-14)13(2)22-15-8-5-9-16(23)19(15)20/h10-11,14,19-20H,3-9H2,1-2H3/t19?,20-/m0/s1. The van der Waals surface area contributed by atoms with Crippen LogP contribution >= 0.6 is 0 Å². The van der Waals surface area contributed by atoms with Gasteiger partial charge in [0.1, 0.15) is 23.4 Å². The number of carbonyl (C=O) groups excluding carboxylic acids is 2. The summed E-state index contributed by atoms with van der Waals surface area (Å²) in [7, 11) is 0. The molecule has 0 aromatic carbocycles. The number of aliphatic imine (C=N–C) groups is 1. The van der Waals surface area contributed by atoms with Crippen molar-refractivity contribution in [1.82, 2.24) is 0 Å². The topological polar surface area (TPSA) is 68.9 Å². The molecule has 1 aromatic rings. The lowest BCUT2D eigenvalue weighted by Crippen LogP contribution is -2.39. The van der Waals surface area contributed by atoms with Crippen LogP contribution in [0.15, 0.2) is 32.8 Å². The fourth-order valence-electron chi connectivity index (χ4n) is 4.53. The molecule has 0 radical (unpaired) electrons. The first-order valence-electron chi connectivity index (χ1n) is 9.63. The minimum atomic E-state index is -0.419. The first-order chi connectivity index (χ1) is 12.5. The maximum Gasteiger partial charge on any atom is 0.336 e. The van der Waals surface area contributed by atoms with E-state index >= 15 is 0 Å². The molecule has 4 rings (SSSR count). The summed E-state index contributed by atoms with van der Waals surface area (Å²) in [5, 5.41) is 0. The zero-order valence-corrected chi connectivity index (χ0v) is 15.4. The van der Waals surface area contributed by atoms with E-state index in [0.29, 0.717) is 23.5 Å². The normalized spacial score (nSPS) is 26.7. The number of hydrogen-bond acceptors (Lipinski definition) is 5. The first-order valence-corrected chi connectivity index (χ1v) is 9.63. The summed E-state index contributed by atoms with van der Waals surface area (Å²) in [6, 6.07) is 3.75. The van der Waals surface area contributed by atoms with Crippen molar-refractivity contribution in [3.05, 3.63) is 34.9 Å². The molecule has 5 nitrogen and oxygen atoms in total. The SMILES string of the molecule is CC1=C(C(=O)OC2CCCC2)[C@H](c2ccc(C)o2)C2C(=O)CCCC2=N1. The minimum Gasteiger partial charge on any atom is -0.466 e. The quantitative estimate of drug-likeness (QED) is 0.760. The molecule has 2 atom stereocenters. The van der Waals surface area contributed by atoms with Crippen LogP contribution < -0.4 is 0 Å². The second-order valence-corrected chi connectivity index (χ2v) is 7.64. The van der Waals surface area contributed by atoms with Crippen LogP contribution in [0.1, 0.15) is 69.3 Å². The van der Waals surface area contributed by atoms with Crippen LogP contribution in [-0.2, 0) is 14.3 Å². The number of allylic oxidation sites excluding steroid dienone is 1. The zero-order valence-electron chi connectivity index (χ0n) is 15.4. The van der Waals surface area contributed by atoms with Gasteiger partial charge in [-0.05, 0) is 64.5 Å². The molecule has 1 unspecified atom stereocenters. The minimum absolute atomic E-state index is 0.0192. The molecule has 0 spiro atoms. The molecule has 5 heteroatoms. The van der Waals surface area contributed by atoms with Gasteiger partial charge in [0.05, 0.1) is 17.4 Å². The second kappa shape index (κ2) is 6.86. The molecule has 2 fully saturated rings. The van der Waals surface area contributed by atoms with E-state index in [1.807, 2.05) is 26.0 Å². The average Bonchev–Trinajstić information content (AvgIpc) is 3.25. The van der Waals surface area contributed by atoms with Gasteiger partial charge in [0, 0.05) is 17.8 Å². The largest absolute Gasteiger partial charge is 0.466 e. The third kappa shape index (κ3) is 3.04. The van der Waals surface area contributed by atoms with Gasteiger partial charge in [-0.15, -0.1) is 0 Å². The van der Waals surface area contributed by atoms with E-state index in [-0.39, 0.29) is 17.9 Å². The highest BCUT2D eigenvalue weighted by Gasteiger charge is 2.45. The highest BCUT2D eigenvalue weighted by atomic mass is 16.5. The van der Waals surface area contributed by atoms with Gasteiger partial charge in [-0.2, -0.15) is 0 Å². The van der Waals surface area contributed by atoms with Crippen LogP contribution in [0, 0.1) is 12.8 Å². The molecular weight excluding hydrogens is 330 g/mol. The summed E-state index contributed by atoms with van der Waals surface area (Å²) >= 11 is 0. The van der Waals surface area contributed by atoms with Crippen LogP contribution in [-0.4, -0.2) is 23.6 Å². The first kappa shape index (κ1) is 17.3. The highest BCUT2D eigenvalue weighted by molar-refractivity contribution is 6.11. The third-order valence-corrected chi connectivity index (χ3v) is 5.77. The number of fused-ring (bicyclic) bond motifs is 1. The van der Waals surface area contributed by atoms with Crippen LogP contribution in [0.2, 0.25) is 0 Å². The smallest absolute Gasteiger partial charge is 0.336 e. The molecule has 2 saturated carbocycles. The number of rotatable bonds is 3. The molecule has 0 saturated heterocycles. The fraction of sp³-hybridized carbons (Fsp3) is 0.571. The Hall–Kier alpha value is -2.17. The van der Waals surface area contributed by atoms with Gasteiger partial charge in [-0.25, -0.2) is 4.79 Å². The van der Waals surface area contributed by atoms with E-state index in [0.717, 1.165) is 50.0 Å². The zero-order chi connectivity index (χ0) is 18.3. The number of hydrogen-bond donors (Lipinski definition) is 0. The van der Waals surface area contributed by atoms with Crippen LogP contribution in [0.4, 0.5) is 0 Å². The fourth-order valence-corrected chi connectivity index (χ4v) is 4.53.